The molecule has 126 valence electrons. The summed E-state index contributed by atoms with van der Waals surface area (Å²) in [6, 6.07) is 16.6. The first-order valence-corrected chi connectivity index (χ1v) is 8.10. The number of hydrogen-bond donors (Lipinski definition) is 2. The van der Waals surface area contributed by atoms with E-state index in [0.717, 1.165) is 0 Å². The van der Waals surface area contributed by atoms with Gasteiger partial charge in [0.25, 0.3) is 11.8 Å². The third-order valence-electron chi connectivity index (χ3n) is 3.75. The van der Waals surface area contributed by atoms with Gasteiger partial charge >= 0.3 is 0 Å². The molecule has 2 aromatic rings. The smallest absolute Gasteiger partial charge is 0.251 e. The number of nitrogens with one attached hydrogen (secondary N) is 2. The molecule has 2 amide bonds. The molecule has 0 unspecified atom stereocenters. The quantitative estimate of drug-likeness (QED) is 0.830. The number of amides is 2. The summed E-state index contributed by atoms with van der Waals surface area (Å²) in [5, 5.41) is 5.59. The van der Waals surface area contributed by atoms with Crippen LogP contribution in [-0.4, -0.2) is 24.9 Å². The summed E-state index contributed by atoms with van der Waals surface area (Å²) in [5.41, 5.74) is 2.49. The van der Waals surface area contributed by atoms with E-state index in [1.54, 1.807) is 12.1 Å². The Morgan fingerprint density at radius 1 is 0.750 bits per heavy atom. The standard InChI is InChI=1S/C20H24N2O2/c1-20(2,3)17-11-9-16(10-12-17)19(24)22-14-13-21-18(23)15-7-5-4-6-8-15/h4-12H,13-14H2,1-3H3,(H,21,23)(H,22,24). The van der Waals surface area contributed by atoms with Crippen LogP contribution in [0.2, 0.25) is 0 Å². The van der Waals surface area contributed by atoms with Crippen molar-refractivity contribution in [2.75, 3.05) is 13.1 Å². The van der Waals surface area contributed by atoms with E-state index in [9.17, 15) is 9.59 Å². The van der Waals surface area contributed by atoms with Gasteiger partial charge in [-0.2, -0.15) is 0 Å². The second-order valence-corrected chi connectivity index (χ2v) is 6.71. The van der Waals surface area contributed by atoms with Gasteiger partial charge in [0.2, 0.25) is 0 Å². The van der Waals surface area contributed by atoms with Crippen LogP contribution < -0.4 is 10.6 Å². The highest BCUT2D eigenvalue weighted by molar-refractivity contribution is 5.95. The molecule has 0 bridgehead atoms. The Labute approximate surface area is 143 Å². The molecule has 4 nitrogen and oxygen atoms in total. The Morgan fingerprint density at radius 3 is 1.67 bits per heavy atom. The van der Waals surface area contributed by atoms with Gasteiger partial charge in [-0.15, -0.1) is 0 Å². The van der Waals surface area contributed by atoms with E-state index in [0.29, 0.717) is 24.2 Å². The van der Waals surface area contributed by atoms with E-state index in [4.69, 9.17) is 0 Å². The van der Waals surface area contributed by atoms with Gasteiger partial charge in [-0.25, -0.2) is 0 Å². The SMILES string of the molecule is CC(C)(C)c1ccc(C(=O)NCCNC(=O)c2ccccc2)cc1. The van der Waals surface area contributed by atoms with Crippen LogP contribution in [0, 0.1) is 0 Å². The molecule has 0 saturated carbocycles. The Kier molecular flexibility index (Phi) is 5.74. The average molecular weight is 324 g/mol. The Morgan fingerprint density at radius 2 is 1.21 bits per heavy atom. The van der Waals surface area contributed by atoms with Crippen LogP contribution in [0.4, 0.5) is 0 Å². The van der Waals surface area contributed by atoms with Crippen molar-refractivity contribution < 1.29 is 9.59 Å². The molecule has 2 N–H and O–H groups in total. The summed E-state index contributed by atoms with van der Waals surface area (Å²) in [6.07, 6.45) is 0. The lowest BCUT2D eigenvalue weighted by Crippen LogP contribution is -2.34. The number of benzene rings is 2. The summed E-state index contributed by atoms with van der Waals surface area (Å²) in [6.45, 7) is 7.18. The molecule has 24 heavy (non-hydrogen) atoms. The monoisotopic (exact) mass is 324 g/mol. The predicted molar refractivity (Wildman–Crippen MR) is 96.3 cm³/mol. The third-order valence-corrected chi connectivity index (χ3v) is 3.75. The predicted octanol–water partition coefficient (Wildman–Crippen LogP) is 3.14. The summed E-state index contributed by atoms with van der Waals surface area (Å²) >= 11 is 0. The zero-order chi connectivity index (χ0) is 17.6. The minimum Gasteiger partial charge on any atom is -0.350 e. The van der Waals surface area contributed by atoms with Crippen LogP contribution in [0.15, 0.2) is 54.6 Å². The zero-order valence-electron chi connectivity index (χ0n) is 14.4. The van der Waals surface area contributed by atoms with Crippen molar-refractivity contribution in [2.45, 2.75) is 26.2 Å². The molecule has 2 rings (SSSR count). The lowest BCUT2D eigenvalue weighted by atomic mass is 9.87. The fraction of sp³-hybridized carbons (Fsp3) is 0.300. The van der Waals surface area contributed by atoms with Gasteiger partial charge in [0.1, 0.15) is 0 Å². The first-order valence-electron chi connectivity index (χ1n) is 8.10. The number of rotatable bonds is 5. The largest absolute Gasteiger partial charge is 0.350 e. The maximum absolute atomic E-state index is 12.1. The molecule has 0 radical (unpaired) electrons. The number of carbonyl (C=O) groups is 2. The average Bonchev–Trinajstić information content (AvgIpc) is 2.58. The maximum Gasteiger partial charge on any atom is 0.251 e. The first kappa shape index (κ1) is 17.7. The number of carbonyl (C=O) groups excluding carboxylic acids is 2. The lowest BCUT2D eigenvalue weighted by Gasteiger charge is -2.19. The summed E-state index contributed by atoms with van der Waals surface area (Å²) < 4.78 is 0. The van der Waals surface area contributed by atoms with E-state index in [-0.39, 0.29) is 17.2 Å². The summed E-state index contributed by atoms with van der Waals surface area (Å²) in [4.78, 5) is 24.0. The second kappa shape index (κ2) is 7.77. The van der Waals surface area contributed by atoms with Gasteiger partial charge in [0.15, 0.2) is 0 Å². The molecule has 2 aromatic carbocycles. The summed E-state index contributed by atoms with van der Waals surface area (Å²) in [7, 11) is 0. The normalized spacial score (nSPS) is 11.0. The molecule has 0 aliphatic heterocycles. The van der Waals surface area contributed by atoms with Crippen molar-refractivity contribution in [1.82, 2.24) is 10.6 Å². The van der Waals surface area contributed by atoms with Gasteiger partial charge < -0.3 is 10.6 Å². The maximum atomic E-state index is 12.1. The van der Waals surface area contributed by atoms with Gasteiger partial charge in [-0.1, -0.05) is 51.1 Å². The molecule has 0 atom stereocenters. The molecule has 0 aliphatic rings. The van der Waals surface area contributed by atoms with Gasteiger partial charge in [0, 0.05) is 24.2 Å². The molecule has 4 heteroatoms. The van der Waals surface area contributed by atoms with Crippen molar-refractivity contribution in [3.05, 3.63) is 71.3 Å². The molecular weight excluding hydrogens is 300 g/mol. The lowest BCUT2D eigenvalue weighted by molar-refractivity contribution is 0.0927. The van der Waals surface area contributed by atoms with Gasteiger partial charge in [-0.05, 0) is 35.2 Å². The number of hydrogen-bond acceptors (Lipinski definition) is 2. The molecule has 0 saturated heterocycles. The van der Waals surface area contributed by atoms with Gasteiger partial charge in [-0.3, -0.25) is 9.59 Å². The highest BCUT2D eigenvalue weighted by Gasteiger charge is 2.14. The van der Waals surface area contributed by atoms with Crippen LogP contribution in [0.5, 0.6) is 0 Å². The van der Waals surface area contributed by atoms with E-state index < -0.39 is 0 Å². The van der Waals surface area contributed by atoms with Crippen molar-refractivity contribution in [1.29, 1.82) is 0 Å². The molecule has 0 aliphatic carbocycles. The minimum atomic E-state index is -0.139. The van der Waals surface area contributed by atoms with Crippen LogP contribution in [0.25, 0.3) is 0 Å². The highest BCUT2D eigenvalue weighted by Crippen LogP contribution is 2.22. The fourth-order valence-electron chi connectivity index (χ4n) is 2.27. The first-order chi connectivity index (χ1) is 11.4. The van der Waals surface area contributed by atoms with Gasteiger partial charge in [0.05, 0.1) is 0 Å². The topological polar surface area (TPSA) is 58.2 Å². The fourth-order valence-corrected chi connectivity index (χ4v) is 2.27. The van der Waals surface area contributed by atoms with Crippen molar-refractivity contribution in [3.63, 3.8) is 0 Å². The van der Waals surface area contributed by atoms with E-state index in [2.05, 4.69) is 31.4 Å². The van der Waals surface area contributed by atoms with Crippen molar-refractivity contribution in [2.24, 2.45) is 0 Å². The minimum absolute atomic E-state index is 0.0662. The van der Waals surface area contributed by atoms with Crippen LogP contribution in [0.3, 0.4) is 0 Å². The van der Waals surface area contributed by atoms with E-state index in [1.165, 1.54) is 5.56 Å². The van der Waals surface area contributed by atoms with Crippen LogP contribution >= 0.6 is 0 Å². The Bertz CT molecular complexity index is 686. The third kappa shape index (κ3) is 4.95. The highest BCUT2D eigenvalue weighted by atomic mass is 16.2. The zero-order valence-corrected chi connectivity index (χ0v) is 14.4. The molecule has 0 aromatic heterocycles. The van der Waals surface area contributed by atoms with E-state index >= 15 is 0 Å². The molecule has 0 fully saturated rings. The van der Waals surface area contributed by atoms with Crippen LogP contribution in [0.1, 0.15) is 47.1 Å². The van der Waals surface area contributed by atoms with E-state index in [1.807, 2.05) is 42.5 Å². The van der Waals surface area contributed by atoms with Crippen LogP contribution in [-0.2, 0) is 5.41 Å². The summed E-state index contributed by atoms with van der Waals surface area (Å²) in [5.74, 6) is -0.274. The molecule has 0 spiro atoms. The van der Waals surface area contributed by atoms with Crippen molar-refractivity contribution in [3.8, 4) is 0 Å². The van der Waals surface area contributed by atoms with Crippen molar-refractivity contribution >= 4 is 11.8 Å². The molecule has 0 heterocycles. The molecular formula is C20H24N2O2. The Balaban J connectivity index is 1.78. The second-order valence-electron chi connectivity index (χ2n) is 6.71. The Hall–Kier alpha value is -2.62.